The quantitative estimate of drug-likeness (QED) is 0.316. The van der Waals surface area contributed by atoms with Crippen LogP contribution in [0.2, 0.25) is 0 Å². The molecule has 0 spiro atoms. The number of hydrogen-bond acceptors (Lipinski definition) is 2. The van der Waals surface area contributed by atoms with E-state index in [1.54, 1.807) is 24.3 Å². The van der Waals surface area contributed by atoms with Crippen LogP contribution in [0.4, 0.5) is 0 Å². The van der Waals surface area contributed by atoms with E-state index in [2.05, 4.69) is 15.9 Å². The van der Waals surface area contributed by atoms with Gasteiger partial charge in [-0.15, -0.1) is 6.42 Å². The average Bonchev–Trinajstić information content (AvgIpc) is 2.09. The van der Waals surface area contributed by atoms with Gasteiger partial charge in [-0.1, -0.05) is 15.9 Å². The van der Waals surface area contributed by atoms with E-state index in [1.807, 2.05) is 5.92 Å². The minimum absolute atomic E-state index is 0.446. The van der Waals surface area contributed by atoms with Crippen LogP contribution in [0.1, 0.15) is 0 Å². The average molecular weight is 225 g/mol. The van der Waals surface area contributed by atoms with Crippen LogP contribution in [-0.4, -0.2) is 5.97 Å². The second-order valence-electron chi connectivity index (χ2n) is 1.99. The highest BCUT2D eigenvalue weighted by atomic mass is 79.9. The maximum atomic E-state index is 10.6. The summed E-state index contributed by atoms with van der Waals surface area (Å²) in [6, 6.07) is 6.83. The van der Waals surface area contributed by atoms with Gasteiger partial charge < -0.3 is 4.74 Å². The highest BCUT2D eigenvalue weighted by Gasteiger charge is 1.98. The Morgan fingerprint density at radius 2 is 2.00 bits per heavy atom. The van der Waals surface area contributed by atoms with Crippen LogP contribution in [0, 0.1) is 12.3 Å². The van der Waals surface area contributed by atoms with Gasteiger partial charge in [0.25, 0.3) is 0 Å². The van der Waals surface area contributed by atoms with E-state index in [9.17, 15) is 4.79 Å². The lowest BCUT2D eigenvalue weighted by atomic mass is 10.3. The van der Waals surface area contributed by atoms with Crippen LogP contribution in [0.25, 0.3) is 0 Å². The van der Waals surface area contributed by atoms with Gasteiger partial charge in [-0.3, -0.25) is 0 Å². The van der Waals surface area contributed by atoms with E-state index in [1.165, 1.54) is 0 Å². The zero-order valence-electron chi connectivity index (χ0n) is 6.08. The summed E-state index contributed by atoms with van der Waals surface area (Å²) in [6.07, 6.45) is 4.82. The van der Waals surface area contributed by atoms with Gasteiger partial charge in [0.05, 0.1) is 0 Å². The zero-order valence-corrected chi connectivity index (χ0v) is 7.67. The Labute approximate surface area is 78.7 Å². The Kier molecular flexibility index (Phi) is 2.89. The third kappa shape index (κ3) is 2.40. The Hall–Kier alpha value is -1.27. The van der Waals surface area contributed by atoms with Crippen molar-refractivity contribution in [2.75, 3.05) is 0 Å². The number of esters is 1. The number of rotatable bonds is 1. The van der Waals surface area contributed by atoms with Crippen molar-refractivity contribution in [3.63, 3.8) is 0 Å². The maximum Gasteiger partial charge on any atom is 0.389 e. The summed E-state index contributed by atoms with van der Waals surface area (Å²) in [6.45, 7) is 0. The number of halogens is 1. The molecule has 2 nitrogen and oxygen atoms in total. The molecule has 0 atom stereocenters. The molecule has 0 N–H and O–H groups in total. The lowest BCUT2D eigenvalue weighted by Crippen LogP contribution is -2.03. The molecular formula is C9H5BrO2. The Morgan fingerprint density at radius 1 is 1.42 bits per heavy atom. The van der Waals surface area contributed by atoms with Crippen LogP contribution in [0.5, 0.6) is 5.75 Å². The number of carbonyl (C=O) groups is 1. The summed E-state index contributed by atoms with van der Waals surface area (Å²) in [7, 11) is 0. The van der Waals surface area contributed by atoms with Gasteiger partial charge in [-0.05, 0) is 24.3 Å². The minimum atomic E-state index is -0.683. The Bertz CT molecular complexity index is 321. The van der Waals surface area contributed by atoms with Gasteiger partial charge in [0.1, 0.15) is 5.75 Å². The van der Waals surface area contributed by atoms with Crippen molar-refractivity contribution in [2.24, 2.45) is 0 Å². The van der Waals surface area contributed by atoms with Crippen molar-refractivity contribution in [3.05, 3.63) is 28.7 Å². The largest absolute Gasteiger partial charge is 0.417 e. The number of hydrogen-bond donors (Lipinski definition) is 0. The molecule has 1 rings (SSSR count). The van der Waals surface area contributed by atoms with Crippen LogP contribution >= 0.6 is 15.9 Å². The number of terminal acetylenes is 1. The fourth-order valence-corrected chi connectivity index (χ4v) is 0.903. The van der Waals surface area contributed by atoms with E-state index < -0.39 is 5.97 Å². The molecule has 0 fully saturated rings. The predicted octanol–water partition coefficient (Wildman–Crippen LogP) is 1.99. The molecule has 0 aliphatic carbocycles. The molecule has 0 aliphatic heterocycles. The van der Waals surface area contributed by atoms with Crippen molar-refractivity contribution in [1.82, 2.24) is 0 Å². The summed E-state index contributed by atoms with van der Waals surface area (Å²) in [5.74, 6) is 1.62. The lowest BCUT2D eigenvalue weighted by Gasteiger charge is -1.98. The van der Waals surface area contributed by atoms with Crippen LogP contribution < -0.4 is 4.74 Å². The fourth-order valence-electron chi connectivity index (χ4n) is 0.639. The zero-order chi connectivity index (χ0) is 8.97. The molecule has 0 radical (unpaired) electrons. The monoisotopic (exact) mass is 224 g/mol. The highest BCUT2D eigenvalue weighted by Crippen LogP contribution is 2.15. The van der Waals surface area contributed by atoms with Gasteiger partial charge in [-0.25, -0.2) is 4.79 Å². The molecule has 0 saturated carbocycles. The first-order chi connectivity index (χ1) is 5.72. The molecular weight excluding hydrogens is 220 g/mol. The number of carbonyl (C=O) groups excluding carboxylic acids is 1. The Morgan fingerprint density at radius 3 is 2.50 bits per heavy atom. The van der Waals surface area contributed by atoms with E-state index in [0.29, 0.717) is 5.75 Å². The van der Waals surface area contributed by atoms with Crippen molar-refractivity contribution in [3.8, 4) is 18.1 Å². The van der Waals surface area contributed by atoms with Gasteiger partial charge in [-0.2, -0.15) is 0 Å². The minimum Gasteiger partial charge on any atom is -0.417 e. The van der Waals surface area contributed by atoms with E-state index in [-0.39, 0.29) is 0 Å². The van der Waals surface area contributed by atoms with Crippen LogP contribution in [-0.2, 0) is 4.79 Å². The van der Waals surface area contributed by atoms with Gasteiger partial charge in [0.15, 0.2) is 0 Å². The van der Waals surface area contributed by atoms with Gasteiger partial charge in [0.2, 0.25) is 0 Å². The van der Waals surface area contributed by atoms with Crippen molar-refractivity contribution >= 4 is 21.9 Å². The SMILES string of the molecule is C#CC(=O)Oc1ccc(Br)cc1. The van der Waals surface area contributed by atoms with Gasteiger partial charge in [0, 0.05) is 10.4 Å². The first kappa shape index (κ1) is 8.82. The predicted molar refractivity (Wildman–Crippen MR) is 48.6 cm³/mol. The molecule has 0 unspecified atom stereocenters. The normalized spacial score (nSPS) is 8.67. The molecule has 0 saturated heterocycles. The second-order valence-corrected chi connectivity index (χ2v) is 2.90. The molecule has 0 aliphatic rings. The standard InChI is InChI=1S/C9H5BrO2/c1-2-9(11)12-8-5-3-7(10)4-6-8/h1,3-6H. The Balaban J connectivity index is 2.73. The fraction of sp³-hybridized carbons (Fsp3) is 0. The molecule has 0 aromatic heterocycles. The molecule has 0 bridgehead atoms. The van der Waals surface area contributed by atoms with Crippen LogP contribution in [0.15, 0.2) is 28.7 Å². The van der Waals surface area contributed by atoms with Crippen molar-refractivity contribution in [1.29, 1.82) is 0 Å². The molecule has 0 amide bonds. The number of ether oxygens (including phenoxy) is 1. The van der Waals surface area contributed by atoms with E-state index in [0.717, 1.165) is 4.47 Å². The van der Waals surface area contributed by atoms with Crippen molar-refractivity contribution < 1.29 is 9.53 Å². The summed E-state index contributed by atoms with van der Waals surface area (Å²) >= 11 is 3.25. The van der Waals surface area contributed by atoms with Crippen molar-refractivity contribution in [2.45, 2.75) is 0 Å². The molecule has 12 heavy (non-hydrogen) atoms. The van der Waals surface area contributed by atoms with E-state index in [4.69, 9.17) is 11.2 Å². The second kappa shape index (κ2) is 3.93. The first-order valence-corrected chi connectivity index (χ1v) is 3.95. The summed E-state index contributed by atoms with van der Waals surface area (Å²) in [5.41, 5.74) is 0. The third-order valence-corrected chi connectivity index (χ3v) is 1.67. The molecule has 60 valence electrons. The van der Waals surface area contributed by atoms with E-state index >= 15 is 0 Å². The summed E-state index contributed by atoms with van der Waals surface area (Å²) in [4.78, 5) is 10.6. The molecule has 3 heteroatoms. The molecule has 1 aromatic rings. The summed E-state index contributed by atoms with van der Waals surface area (Å²) in [5, 5.41) is 0. The first-order valence-electron chi connectivity index (χ1n) is 3.16. The highest BCUT2D eigenvalue weighted by molar-refractivity contribution is 9.10. The molecule has 1 aromatic carbocycles. The van der Waals surface area contributed by atoms with Crippen LogP contribution in [0.3, 0.4) is 0 Å². The maximum absolute atomic E-state index is 10.6. The summed E-state index contributed by atoms with van der Waals surface area (Å²) < 4.78 is 5.64. The molecule has 0 heterocycles. The van der Waals surface area contributed by atoms with Gasteiger partial charge >= 0.3 is 5.97 Å². The topological polar surface area (TPSA) is 26.3 Å². The lowest BCUT2D eigenvalue weighted by molar-refractivity contribution is -0.128. The smallest absolute Gasteiger partial charge is 0.389 e. The number of benzene rings is 1. The third-order valence-electron chi connectivity index (χ3n) is 1.14.